The first-order chi connectivity index (χ1) is 8.25. The molecule has 2 rings (SSSR count). The SMILES string of the molecule is Cc1ncsc1CCNCC1CCC(O)CC1. The lowest BCUT2D eigenvalue weighted by Crippen LogP contribution is -2.29. The van der Waals surface area contributed by atoms with Crippen molar-refractivity contribution in [1.29, 1.82) is 0 Å². The summed E-state index contributed by atoms with van der Waals surface area (Å²) in [6, 6.07) is 0. The fourth-order valence-corrected chi connectivity index (χ4v) is 3.20. The Hall–Kier alpha value is -0.450. The Morgan fingerprint density at radius 3 is 2.82 bits per heavy atom. The number of hydrogen-bond donors (Lipinski definition) is 2. The number of nitrogens with one attached hydrogen (secondary N) is 1. The van der Waals surface area contributed by atoms with Crippen LogP contribution in [0.25, 0.3) is 0 Å². The van der Waals surface area contributed by atoms with E-state index >= 15 is 0 Å². The van der Waals surface area contributed by atoms with Crippen LogP contribution in [0.5, 0.6) is 0 Å². The molecule has 0 saturated heterocycles. The number of thiazole rings is 1. The summed E-state index contributed by atoms with van der Waals surface area (Å²) in [4.78, 5) is 5.66. The zero-order valence-corrected chi connectivity index (χ0v) is 11.3. The van der Waals surface area contributed by atoms with Gasteiger partial charge in [0, 0.05) is 11.4 Å². The molecule has 1 aromatic rings. The molecule has 0 spiro atoms. The molecular formula is C13H22N2OS. The van der Waals surface area contributed by atoms with Gasteiger partial charge in [0.1, 0.15) is 0 Å². The zero-order valence-electron chi connectivity index (χ0n) is 10.5. The molecule has 4 heteroatoms. The molecular weight excluding hydrogens is 232 g/mol. The molecule has 2 N–H and O–H groups in total. The maximum atomic E-state index is 9.43. The number of nitrogens with zero attached hydrogens (tertiary/aromatic N) is 1. The van der Waals surface area contributed by atoms with Crippen LogP contribution < -0.4 is 5.32 Å². The second-order valence-corrected chi connectivity index (χ2v) is 5.93. The monoisotopic (exact) mass is 254 g/mol. The minimum Gasteiger partial charge on any atom is -0.393 e. The van der Waals surface area contributed by atoms with Crippen LogP contribution in [0.4, 0.5) is 0 Å². The maximum Gasteiger partial charge on any atom is 0.0797 e. The minimum absolute atomic E-state index is 0.0360. The molecule has 0 atom stereocenters. The van der Waals surface area contributed by atoms with E-state index in [9.17, 15) is 5.11 Å². The molecule has 1 aliphatic rings. The van der Waals surface area contributed by atoms with Crippen LogP contribution >= 0.6 is 11.3 Å². The number of hydrogen-bond acceptors (Lipinski definition) is 4. The van der Waals surface area contributed by atoms with E-state index in [1.807, 2.05) is 5.51 Å². The Balaban J connectivity index is 1.59. The van der Waals surface area contributed by atoms with Crippen molar-refractivity contribution >= 4 is 11.3 Å². The summed E-state index contributed by atoms with van der Waals surface area (Å²) < 4.78 is 0. The molecule has 0 bridgehead atoms. The first kappa shape index (κ1) is 13.0. The number of aromatic nitrogens is 1. The lowest BCUT2D eigenvalue weighted by Gasteiger charge is -2.25. The van der Waals surface area contributed by atoms with E-state index in [1.165, 1.54) is 23.4 Å². The van der Waals surface area contributed by atoms with Gasteiger partial charge in [-0.15, -0.1) is 11.3 Å². The molecule has 0 amide bonds. The summed E-state index contributed by atoms with van der Waals surface area (Å²) >= 11 is 1.75. The van der Waals surface area contributed by atoms with Crippen molar-refractivity contribution in [1.82, 2.24) is 10.3 Å². The lowest BCUT2D eigenvalue weighted by molar-refractivity contribution is 0.108. The summed E-state index contributed by atoms with van der Waals surface area (Å²) in [5.41, 5.74) is 3.10. The molecule has 1 aliphatic carbocycles. The van der Waals surface area contributed by atoms with Crippen molar-refractivity contribution in [2.75, 3.05) is 13.1 Å². The molecule has 1 saturated carbocycles. The molecule has 0 aliphatic heterocycles. The highest BCUT2D eigenvalue weighted by atomic mass is 32.1. The summed E-state index contributed by atoms with van der Waals surface area (Å²) in [6.07, 6.45) is 5.37. The van der Waals surface area contributed by atoms with Gasteiger partial charge >= 0.3 is 0 Å². The molecule has 17 heavy (non-hydrogen) atoms. The second-order valence-electron chi connectivity index (χ2n) is 4.99. The summed E-state index contributed by atoms with van der Waals surface area (Å²) in [5, 5.41) is 13.0. The molecule has 0 unspecified atom stereocenters. The molecule has 1 fully saturated rings. The molecule has 0 aromatic carbocycles. The van der Waals surface area contributed by atoms with Gasteiger partial charge in [-0.3, -0.25) is 0 Å². The van der Waals surface area contributed by atoms with Crippen LogP contribution in [0.1, 0.15) is 36.3 Å². The fraction of sp³-hybridized carbons (Fsp3) is 0.769. The summed E-state index contributed by atoms with van der Waals surface area (Å²) in [6.45, 7) is 4.22. The van der Waals surface area contributed by atoms with Gasteiger partial charge in [-0.2, -0.15) is 0 Å². The van der Waals surface area contributed by atoms with Crippen LogP contribution in [0, 0.1) is 12.8 Å². The molecule has 1 heterocycles. The first-order valence-corrected chi connectivity index (χ1v) is 7.41. The Kier molecular flexibility index (Phi) is 4.95. The molecule has 96 valence electrons. The molecule has 0 radical (unpaired) electrons. The summed E-state index contributed by atoms with van der Waals surface area (Å²) in [7, 11) is 0. The normalized spacial score (nSPS) is 25.1. The highest BCUT2D eigenvalue weighted by molar-refractivity contribution is 7.09. The van der Waals surface area contributed by atoms with E-state index in [0.717, 1.165) is 38.3 Å². The average molecular weight is 254 g/mol. The molecule has 3 nitrogen and oxygen atoms in total. The standard InChI is InChI=1S/C13H22N2OS/c1-10-13(17-9-15-10)6-7-14-8-11-2-4-12(16)5-3-11/h9,11-12,14,16H,2-8H2,1H3. The minimum atomic E-state index is -0.0360. The van der Waals surface area contributed by atoms with Crippen molar-refractivity contribution in [3.8, 4) is 0 Å². The van der Waals surface area contributed by atoms with Crippen LogP contribution in [0.2, 0.25) is 0 Å². The predicted molar refractivity (Wildman–Crippen MR) is 71.4 cm³/mol. The lowest BCUT2D eigenvalue weighted by atomic mass is 9.87. The number of aryl methyl sites for hydroxylation is 1. The Bertz CT molecular complexity index is 332. The van der Waals surface area contributed by atoms with E-state index < -0.39 is 0 Å². The van der Waals surface area contributed by atoms with Crippen molar-refractivity contribution in [3.63, 3.8) is 0 Å². The number of aliphatic hydroxyl groups is 1. The third-order valence-electron chi connectivity index (χ3n) is 3.62. The maximum absolute atomic E-state index is 9.43. The van der Waals surface area contributed by atoms with Crippen molar-refractivity contribution in [3.05, 3.63) is 16.1 Å². The Morgan fingerprint density at radius 2 is 2.18 bits per heavy atom. The number of rotatable bonds is 5. The van der Waals surface area contributed by atoms with Gasteiger partial charge < -0.3 is 10.4 Å². The van der Waals surface area contributed by atoms with Gasteiger partial charge in [0.05, 0.1) is 17.3 Å². The number of aliphatic hydroxyl groups excluding tert-OH is 1. The van der Waals surface area contributed by atoms with Gasteiger partial charge in [-0.1, -0.05) is 0 Å². The predicted octanol–water partition coefficient (Wildman–Crippen LogP) is 2.13. The van der Waals surface area contributed by atoms with Gasteiger partial charge in [0.2, 0.25) is 0 Å². The zero-order chi connectivity index (χ0) is 12.1. The van der Waals surface area contributed by atoms with E-state index in [2.05, 4.69) is 17.2 Å². The quantitative estimate of drug-likeness (QED) is 0.791. The van der Waals surface area contributed by atoms with Gasteiger partial charge in [-0.05, 0) is 51.5 Å². The van der Waals surface area contributed by atoms with E-state index in [0.29, 0.717) is 0 Å². The Morgan fingerprint density at radius 1 is 1.41 bits per heavy atom. The first-order valence-electron chi connectivity index (χ1n) is 6.53. The van der Waals surface area contributed by atoms with Gasteiger partial charge in [0.25, 0.3) is 0 Å². The smallest absolute Gasteiger partial charge is 0.0797 e. The third-order valence-corrected chi connectivity index (χ3v) is 4.62. The topological polar surface area (TPSA) is 45.2 Å². The van der Waals surface area contributed by atoms with Crippen LogP contribution in [0.15, 0.2) is 5.51 Å². The fourth-order valence-electron chi connectivity index (χ4n) is 2.42. The van der Waals surface area contributed by atoms with Crippen molar-refractivity contribution in [2.24, 2.45) is 5.92 Å². The van der Waals surface area contributed by atoms with E-state index in [1.54, 1.807) is 11.3 Å². The van der Waals surface area contributed by atoms with Gasteiger partial charge in [0.15, 0.2) is 0 Å². The molecule has 1 aromatic heterocycles. The summed E-state index contributed by atoms with van der Waals surface area (Å²) in [5.74, 6) is 0.765. The van der Waals surface area contributed by atoms with Crippen LogP contribution in [0.3, 0.4) is 0 Å². The Labute approximate surface area is 107 Å². The van der Waals surface area contributed by atoms with E-state index in [-0.39, 0.29) is 6.10 Å². The highest BCUT2D eigenvalue weighted by Gasteiger charge is 2.18. The van der Waals surface area contributed by atoms with Crippen LogP contribution in [-0.4, -0.2) is 29.3 Å². The van der Waals surface area contributed by atoms with Crippen molar-refractivity contribution in [2.45, 2.75) is 45.1 Å². The largest absolute Gasteiger partial charge is 0.393 e. The van der Waals surface area contributed by atoms with Gasteiger partial charge in [-0.25, -0.2) is 4.98 Å². The average Bonchev–Trinajstić information content (AvgIpc) is 2.73. The highest BCUT2D eigenvalue weighted by Crippen LogP contribution is 2.23. The third kappa shape index (κ3) is 4.05. The second kappa shape index (κ2) is 6.47. The van der Waals surface area contributed by atoms with Crippen LogP contribution in [-0.2, 0) is 6.42 Å². The van der Waals surface area contributed by atoms with Crippen molar-refractivity contribution < 1.29 is 5.11 Å². The van der Waals surface area contributed by atoms with E-state index in [4.69, 9.17) is 0 Å².